The van der Waals surface area contributed by atoms with Crippen molar-refractivity contribution in [3.63, 3.8) is 0 Å². The van der Waals surface area contributed by atoms with Gasteiger partial charge in [0.15, 0.2) is 0 Å². The minimum Gasteiger partial charge on any atom is -0.474 e. The highest BCUT2D eigenvalue weighted by atomic mass is 32.1. The normalized spacial score (nSPS) is 8.64. The molecule has 0 spiro atoms. The predicted molar refractivity (Wildman–Crippen MR) is 46.3 cm³/mol. The van der Waals surface area contributed by atoms with Gasteiger partial charge in [0.05, 0.1) is 13.7 Å². The summed E-state index contributed by atoms with van der Waals surface area (Å²) in [5.41, 5.74) is 0. The van der Waals surface area contributed by atoms with Crippen LogP contribution in [0.25, 0.3) is 0 Å². The van der Waals surface area contributed by atoms with Gasteiger partial charge in [0.1, 0.15) is 0 Å². The number of nitrogens with zero attached hydrogens (tertiary/aromatic N) is 1. The molecule has 0 saturated heterocycles. The van der Waals surface area contributed by atoms with Crippen molar-refractivity contribution in [1.82, 2.24) is 10.2 Å². The van der Waals surface area contributed by atoms with E-state index in [-0.39, 0.29) is 17.6 Å². The van der Waals surface area contributed by atoms with Crippen LogP contribution in [-0.2, 0) is 9.53 Å². The second kappa shape index (κ2) is 4.90. The van der Waals surface area contributed by atoms with Gasteiger partial charge in [-0.15, -0.1) is 0 Å². The Balaban J connectivity index is 3.54. The number of hydrogen-bond acceptors (Lipinski definition) is 3. The molecule has 11 heavy (non-hydrogen) atoms. The fourth-order valence-electron chi connectivity index (χ4n) is 0.378. The second-order valence-electron chi connectivity index (χ2n) is 2.13. The van der Waals surface area contributed by atoms with Crippen LogP contribution in [0.3, 0.4) is 0 Å². The molecule has 0 aromatic rings. The van der Waals surface area contributed by atoms with Crippen molar-refractivity contribution in [3.05, 3.63) is 0 Å². The van der Waals surface area contributed by atoms with Gasteiger partial charge in [-0.05, 0) is 12.2 Å². The van der Waals surface area contributed by atoms with E-state index in [4.69, 9.17) is 0 Å². The van der Waals surface area contributed by atoms with Gasteiger partial charge < -0.3 is 15.0 Å². The molecule has 0 unspecified atom stereocenters. The average Bonchev–Trinajstić information content (AvgIpc) is 1.99. The van der Waals surface area contributed by atoms with Gasteiger partial charge in [-0.1, -0.05) is 0 Å². The zero-order chi connectivity index (χ0) is 8.85. The number of ether oxygens (including phenoxy) is 1. The van der Waals surface area contributed by atoms with Crippen LogP contribution in [-0.4, -0.2) is 43.7 Å². The third-order valence-electron chi connectivity index (χ3n) is 1.07. The molecular weight excluding hydrogens is 164 g/mol. The number of carbonyl (C=O) groups excluding carboxylic acids is 1. The third kappa shape index (κ3) is 4.55. The van der Waals surface area contributed by atoms with Crippen LogP contribution in [0.5, 0.6) is 0 Å². The van der Waals surface area contributed by atoms with Gasteiger partial charge in [-0.2, -0.15) is 0 Å². The van der Waals surface area contributed by atoms with E-state index in [1.165, 1.54) is 12.0 Å². The van der Waals surface area contributed by atoms with E-state index in [2.05, 4.69) is 22.3 Å². The summed E-state index contributed by atoms with van der Waals surface area (Å²) in [6.45, 7) is 0.180. The van der Waals surface area contributed by atoms with E-state index in [1.54, 1.807) is 14.1 Å². The molecule has 0 fully saturated rings. The lowest BCUT2D eigenvalue weighted by Gasteiger charge is -2.10. The standard InChI is InChI=1S/C6H12N2O2S/c1-8(2)5(9)4-7-6(11)10-3/h4H2,1-3H3,(H,7,11). The fraction of sp³-hybridized carbons (Fsp3) is 0.667. The summed E-state index contributed by atoms with van der Waals surface area (Å²) < 4.78 is 4.63. The molecule has 1 amide bonds. The summed E-state index contributed by atoms with van der Waals surface area (Å²) in [5, 5.41) is 2.87. The summed E-state index contributed by atoms with van der Waals surface area (Å²) >= 11 is 4.66. The van der Waals surface area contributed by atoms with Crippen molar-refractivity contribution in [3.8, 4) is 0 Å². The summed E-state index contributed by atoms with van der Waals surface area (Å²) in [6.07, 6.45) is 0. The lowest BCUT2D eigenvalue weighted by atomic mass is 10.5. The van der Waals surface area contributed by atoms with Crippen LogP contribution in [0.15, 0.2) is 0 Å². The summed E-state index contributed by atoms with van der Waals surface area (Å²) in [4.78, 5) is 12.4. The van der Waals surface area contributed by atoms with Crippen LogP contribution in [0.4, 0.5) is 0 Å². The number of hydrogen-bond donors (Lipinski definition) is 1. The first-order chi connectivity index (χ1) is 5.07. The Morgan fingerprint density at radius 1 is 1.64 bits per heavy atom. The van der Waals surface area contributed by atoms with E-state index >= 15 is 0 Å². The molecule has 0 bridgehead atoms. The Morgan fingerprint density at radius 3 is 2.55 bits per heavy atom. The van der Waals surface area contributed by atoms with E-state index < -0.39 is 0 Å². The molecule has 0 saturated carbocycles. The van der Waals surface area contributed by atoms with Crippen molar-refractivity contribution < 1.29 is 9.53 Å². The van der Waals surface area contributed by atoms with Gasteiger partial charge in [0, 0.05) is 14.1 Å². The zero-order valence-corrected chi connectivity index (χ0v) is 7.70. The molecule has 0 aliphatic heterocycles. The maximum Gasteiger partial charge on any atom is 0.256 e. The molecule has 0 aromatic heterocycles. The Bertz CT molecular complexity index is 159. The average molecular weight is 176 g/mol. The summed E-state index contributed by atoms with van der Waals surface area (Å²) in [7, 11) is 4.81. The molecule has 1 N–H and O–H groups in total. The van der Waals surface area contributed by atoms with Crippen LogP contribution >= 0.6 is 12.2 Å². The number of carbonyl (C=O) groups is 1. The van der Waals surface area contributed by atoms with Crippen LogP contribution in [0, 0.1) is 0 Å². The van der Waals surface area contributed by atoms with Gasteiger partial charge in [0.2, 0.25) is 5.91 Å². The highest BCUT2D eigenvalue weighted by Crippen LogP contribution is 1.77. The van der Waals surface area contributed by atoms with Crippen LogP contribution < -0.4 is 5.32 Å². The summed E-state index contributed by atoms with van der Waals surface area (Å²) in [6, 6.07) is 0. The minimum absolute atomic E-state index is 0.0376. The Labute approximate surface area is 71.5 Å². The van der Waals surface area contributed by atoms with Crippen LogP contribution in [0.1, 0.15) is 0 Å². The Hall–Kier alpha value is -0.840. The molecule has 0 rings (SSSR count). The predicted octanol–water partition coefficient (Wildman–Crippen LogP) is -0.405. The molecule has 0 aliphatic rings. The minimum atomic E-state index is -0.0376. The maximum absolute atomic E-state index is 10.9. The smallest absolute Gasteiger partial charge is 0.256 e. The van der Waals surface area contributed by atoms with E-state index in [0.29, 0.717) is 0 Å². The largest absolute Gasteiger partial charge is 0.474 e. The van der Waals surface area contributed by atoms with Gasteiger partial charge >= 0.3 is 0 Å². The van der Waals surface area contributed by atoms with Gasteiger partial charge in [-0.3, -0.25) is 4.79 Å². The lowest BCUT2D eigenvalue weighted by Crippen LogP contribution is -2.35. The molecule has 0 aliphatic carbocycles. The first kappa shape index (κ1) is 10.2. The van der Waals surface area contributed by atoms with Crippen LogP contribution in [0.2, 0.25) is 0 Å². The highest BCUT2D eigenvalue weighted by Gasteiger charge is 2.03. The molecule has 0 atom stereocenters. The monoisotopic (exact) mass is 176 g/mol. The topological polar surface area (TPSA) is 41.6 Å². The molecule has 5 heteroatoms. The fourth-order valence-corrected chi connectivity index (χ4v) is 0.450. The molecular formula is C6H12N2O2S. The molecule has 4 nitrogen and oxygen atoms in total. The molecule has 0 aromatic carbocycles. The quantitative estimate of drug-likeness (QED) is 0.581. The second-order valence-corrected chi connectivity index (χ2v) is 2.50. The third-order valence-corrected chi connectivity index (χ3v) is 1.38. The first-order valence-corrected chi connectivity index (χ1v) is 3.50. The summed E-state index contributed by atoms with van der Waals surface area (Å²) in [5.74, 6) is -0.0376. The number of likely N-dealkylation sites (N-methyl/N-ethyl adjacent to an activating group) is 1. The Morgan fingerprint density at radius 2 is 2.18 bits per heavy atom. The van der Waals surface area contributed by atoms with Crippen molar-refractivity contribution in [2.45, 2.75) is 0 Å². The Kier molecular flexibility index (Phi) is 4.52. The number of amides is 1. The van der Waals surface area contributed by atoms with Gasteiger partial charge in [0.25, 0.3) is 5.17 Å². The molecule has 64 valence electrons. The van der Waals surface area contributed by atoms with Crippen molar-refractivity contribution >= 4 is 23.3 Å². The van der Waals surface area contributed by atoms with E-state index in [0.717, 1.165) is 0 Å². The number of thiocarbonyl (C=S) groups is 1. The zero-order valence-electron chi connectivity index (χ0n) is 6.88. The van der Waals surface area contributed by atoms with Crippen molar-refractivity contribution in [2.75, 3.05) is 27.7 Å². The first-order valence-electron chi connectivity index (χ1n) is 3.10. The number of methoxy groups -OCH3 is 1. The molecule has 0 heterocycles. The van der Waals surface area contributed by atoms with Crippen molar-refractivity contribution in [2.24, 2.45) is 0 Å². The lowest BCUT2D eigenvalue weighted by molar-refractivity contribution is -0.127. The van der Waals surface area contributed by atoms with E-state index in [1.807, 2.05) is 0 Å². The SMILES string of the molecule is COC(=S)NCC(=O)N(C)C. The van der Waals surface area contributed by atoms with E-state index in [9.17, 15) is 4.79 Å². The highest BCUT2D eigenvalue weighted by molar-refractivity contribution is 7.80. The number of rotatable bonds is 2. The van der Waals surface area contributed by atoms with Crippen molar-refractivity contribution in [1.29, 1.82) is 0 Å². The number of nitrogens with one attached hydrogen (secondary N) is 1. The van der Waals surface area contributed by atoms with Gasteiger partial charge in [-0.25, -0.2) is 0 Å². The maximum atomic E-state index is 10.9. The molecule has 0 radical (unpaired) electrons.